The van der Waals surface area contributed by atoms with Gasteiger partial charge < -0.3 is 9.73 Å². The van der Waals surface area contributed by atoms with Crippen molar-refractivity contribution in [2.45, 2.75) is 25.8 Å². The normalized spacial score (nSPS) is 17.6. The molecule has 128 valence electrons. The zero-order chi connectivity index (χ0) is 16.9. The van der Waals surface area contributed by atoms with E-state index in [-0.39, 0.29) is 11.9 Å². The van der Waals surface area contributed by atoms with E-state index in [0.29, 0.717) is 12.3 Å². The number of rotatable bonds is 5. The molecule has 3 rings (SSSR count). The Morgan fingerprint density at radius 3 is 2.62 bits per heavy atom. The Morgan fingerprint density at radius 2 is 2.00 bits per heavy atom. The minimum absolute atomic E-state index is 0.147. The van der Waals surface area contributed by atoms with E-state index in [4.69, 9.17) is 16.0 Å². The standard InChI is InChI=1S/C19H23ClN2O2/c1-14-8-10-22(11-9-14)17(15-4-6-16(20)7-5-15)13-21-19(23)18-3-2-12-24-18/h2-7,12,14,17H,8-11,13H2,1H3,(H,21,23). The molecule has 0 aliphatic carbocycles. The number of halogens is 1. The summed E-state index contributed by atoms with van der Waals surface area (Å²) in [7, 11) is 0. The average Bonchev–Trinajstić information content (AvgIpc) is 3.12. The van der Waals surface area contributed by atoms with Crippen molar-refractivity contribution in [1.82, 2.24) is 10.2 Å². The molecule has 5 heteroatoms. The lowest BCUT2D eigenvalue weighted by Crippen LogP contribution is -2.41. The number of hydrogen-bond donors (Lipinski definition) is 1. The number of piperidine rings is 1. The van der Waals surface area contributed by atoms with Gasteiger partial charge in [0, 0.05) is 11.6 Å². The van der Waals surface area contributed by atoms with E-state index >= 15 is 0 Å². The van der Waals surface area contributed by atoms with Crippen LogP contribution in [0.1, 0.15) is 41.9 Å². The molecule has 0 saturated carbocycles. The molecular formula is C19H23ClN2O2. The molecule has 2 aromatic rings. The van der Waals surface area contributed by atoms with E-state index in [1.807, 2.05) is 24.3 Å². The molecule has 0 bridgehead atoms. The predicted octanol–water partition coefficient (Wildman–Crippen LogP) is 4.14. The highest BCUT2D eigenvalue weighted by molar-refractivity contribution is 6.30. The number of nitrogens with one attached hydrogen (secondary N) is 1. The van der Waals surface area contributed by atoms with Crippen molar-refractivity contribution in [2.24, 2.45) is 5.92 Å². The Balaban J connectivity index is 1.71. The van der Waals surface area contributed by atoms with Crippen LogP contribution < -0.4 is 5.32 Å². The Hall–Kier alpha value is -1.78. The van der Waals surface area contributed by atoms with E-state index in [2.05, 4.69) is 17.1 Å². The molecule has 1 aliphatic rings. The minimum atomic E-state index is -0.177. The number of likely N-dealkylation sites (tertiary alicyclic amines) is 1. The molecule has 1 fully saturated rings. The van der Waals surface area contributed by atoms with E-state index < -0.39 is 0 Å². The Morgan fingerprint density at radius 1 is 1.29 bits per heavy atom. The molecule has 1 aromatic heterocycles. The summed E-state index contributed by atoms with van der Waals surface area (Å²) >= 11 is 6.02. The summed E-state index contributed by atoms with van der Waals surface area (Å²) in [4.78, 5) is 14.6. The van der Waals surface area contributed by atoms with Crippen LogP contribution in [0.4, 0.5) is 0 Å². The summed E-state index contributed by atoms with van der Waals surface area (Å²) in [5.74, 6) is 0.936. The quantitative estimate of drug-likeness (QED) is 0.885. The van der Waals surface area contributed by atoms with Gasteiger partial charge in [-0.05, 0) is 61.7 Å². The van der Waals surface area contributed by atoms with Crippen LogP contribution in [-0.2, 0) is 0 Å². The highest BCUT2D eigenvalue weighted by Gasteiger charge is 2.25. The predicted molar refractivity (Wildman–Crippen MR) is 95.2 cm³/mol. The van der Waals surface area contributed by atoms with Crippen molar-refractivity contribution in [3.8, 4) is 0 Å². The summed E-state index contributed by atoms with van der Waals surface area (Å²) in [6, 6.07) is 11.4. The van der Waals surface area contributed by atoms with Crippen molar-refractivity contribution >= 4 is 17.5 Å². The van der Waals surface area contributed by atoms with Gasteiger partial charge in [-0.25, -0.2) is 0 Å². The smallest absolute Gasteiger partial charge is 0.287 e. The van der Waals surface area contributed by atoms with Crippen LogP contribution in [0, 0.1) is 5.92 Å². The van der Waals surface area contributed by atoms with Gasteiger partial charge in [0.15, 0.2) is 5.76 Å². The van der Waals surface area contributed by atoms with E-state index in [0.717, 1.165) is 24.0 Å². The maximum atomic E-state index is 12.2. The fraction of sp³-hybridized carbons (Fsp3) is 0.421. The molecule has 0 radical (unpaired) electrons. The van der Waals surface area contributed by atoms with Crippen LogP contribution in [-0.4, -0.2) is 30.4 Å². The third kappa shape index (κ3) is 4.19. The van der Waals surface area contributed by atoms with Gasteiger partial charge in [0.2, 0.25) is 0 Å². The van der Waals surface area contributed by atoms with Crippen LogP contribution in [0.3, 0.4) is 0 Å². The van der Waals surface area contributed by atoms with Crippen LogP contribution in [0.2, 0.25) is 5.02 Å². The second kappa shape index (κ2) is 7.86. The van der Waals surface area contributed by atoms with Gasteiger partial charge in [0.25, 0.3) is 5.91 Å². The molecule has 4 nitrogen and oxygen atoms in total. The molecular weight excluding hydrogens is 324 g/mol. The number of carbonyl (C=O) groups excluding carboxylic acids is 1. The zero-order valence-electron chi connectivity index (χ0n) is 13.9. The second-order valence-electron chi connectivity index (χ2n) is 6.47. The topological polar surface area (TPSA) is 45.5 Å². The molecule has 1 aromatic carbocycles. The molecule has 1 saturated heterocycles. The third-order valence-corrected chi connectivity index (χ3v) is 4.97. The zero-order valence-corrected chi connectivity index (χ0v) is 14.6. The van der Waals surface area contributed by atoms with Crippen molar-refractivity contribution < 1.29 is 9.21 Å². The number of carbonyl (C=O) groups is 1. The van der Waals surface area contributed by atoms with Crippen molar-refractivity contribution in [2.75, 3.05) is 19.6 Å². The average molecular weight is 347 g/mol. The molecule has 1 amide bonds. The van der Waals surface area contributed by atoms with Crippen molar-refractivity contribution in [1.29, 1.82) is 0 Å². The van der Waals surface area contributed by atoms with E-state index in [9.17, 15) is 4.79 Å². The van der Waals surface area contributed by atoms with Gasteiger partial charge in [0.05, 0.1) is 12.3 Å². The Kier molecular flexibility index (Phi) is 5.59. The molecule has 1 atom stereocenters. The molecule has 2 heterocycles. The van der Waals surface area contributed by atoms with E-state index in [1.54, 1.807) is 12.1 Å². The monoisotopic (exact) mass is 346 g/mol. The van der Waals surface area contributed by atoms with Crippen LogP contribution in [0.5, 0.6) is 0 Å². The lowest BCUT2D eigenvalue weighted by molar-refractivity contribution is 0.0886. The van der Waals surface area contributed by atoms with Crippen LogP contribution >= 0.6 is 11.6 Å². The highest BCUT2D eigenvalue weighted by Crippen LogP contribution is 2.27. The van der Waals surface area contributed by atoms with Gasteiger partial charge in [-0.3, -0.25) is 9.69 Å². The Labute approximate surface area is 147 Å². The maximum Gasteiger partial charge on any atom is 0.287 e. The first-order valence-corrected chi connectivity index (χ1v) is 8.82. The van der Waals surface area contributed by atoms with Gasteiger partial charge in [-0.2, -0.15) is 0 Å². The van der Waals surface area contributed by atoms with Gasteiger partial charge in [0.1, 0.15) is 0 Å². The second-order valence-corrected chi connectivity index (χ2v) is 6.91. The lowest BCUT2D eigenvalue weighted by Gasteiger charge is -2.37. The van der Waals surface area contributed by atoms with Crippen LogP contribution in [0.25, 0.3) is 0 Å². The van der Waals surface area contributed by atoms with Gasteiger partial charge >= 0.3 is 0 Å². The lowest BCUT2D eigenvalue weighted by atomic mass is 9.95. The fourth-order valence-electron chi connectivity index (χ4n) is 3.17. The van der Waals surface area contributed by atoms with Crippen LogP contribution in [0.15, 0.2) is 47.1 Å². The number of nitrogens with zero attached hydrogens (tertiary/aromatic N) is 1. The van der Waals surface area contributed by atoms with Gasteiger partial charge in [-0.1, -0.05) is 30.7 Å². The summed E-state index contributed by atoms with van der Waals surface area (Å²) in [5, 5.41) is 3.73. The number of amides is 1. The third-order valence-electron chi connectivity index (χ3n) is 4.71. The molecule has 1 aliphatic heterocycles. The van der Waals surface area contributed by atoms with E-state index in [1.165, 1.54) is 24.7 Å². The molecule has 24 heavy (non-hydrogen) atoms. The summed E-state index contributed by atoms with van der Waals surface area (Å²) < 4.78 is 5.17. The minimum Gasteiger partial charge on any atom is -0.459 e. The fourth-order valence-corrected chi connectivity index (χ4v) is 3.29. The highest BCUT2D eigenvalue weighted by atomic mass is 35.5. The largest absolute Gasteiger partial charge is 0.459 e. The SMILES string of the molecule is CC1CCN(C(CNC(=O)c2ccco2)c2ccc(Cl)cc2)CC1. The number of benzene rings is 1. The summed E-state index contributed by atoms with van der Waals surface area (Å²) in [6.07, 6.45) is 3.89. The first-order chi connectivity index (χ1) is 11.6. The summed E-state index contributed by atoms with van der Waals surface area (Å²) in [5.41, 5.74) is 1.17. The molecule has 1 unspecified atom stereocenters. The van der Waals surface area contributed by atoms with Crippen molar-refractivity contribution in [3.63, 3.8) is 0 Å². The summed E-state index contributed by atoms with van der Waals surface area (Å²) in [6.45, 7) is 4.94. The van der Waals surface area contributed by atoms with Gasteiger partial charge in [-0.15, -0.1) is 0 Å². The first-order valence-electron chi connectivity index (χ1n) is 8.44. The van der Waals surface area contributed by atoms with Crippen molar-refractivity contribution in [3.05, 3.63) is 59.0 Å². The number of furan rings is 1. The first kappa shape index (κ1) is 17.1. The molecule has 0 spiro atoms. The Bertz CT molecular complexity index is 647. The maximum absolute atomic E-state index is 12.2. The number of hydrogen-bond acceptors (Lipinski definition) is 3. The molecule has 1 N–H and O–H groups in total.